The number of hydrogen-bond acceptors (Lipinski definition) is 3. The van der Waals surface area contributed by atoms with Gasteiger partial charge in [0, 0.05) is 23.5 Å². The number of pyridine rings is 1. The monoisotopic (exact) mass is 262 g/mol. The van der Waals surface area contributed by atoms with E-state index in [-0.39, 0.29) is 0 Å². The van der Waals surface area contributed by atoms with Gasteiger partial charge >= 0.3 is 0 Å². The maximum Gasteiger partial charge on any atom is 0.138 e. The van der Waals surface area contributed by atoms with Gasteiger partial charge in [0.2, 0.25) is 0 Å². The van der Waals surface area contributed by atoms with Crippen molar-refractivity contribution in [2.24, 2.45) is 5.73 Å². The molecule has 1 aromatic heterocycles. The third-order valence-corrected chi connectivity index (χ3v) is 3.70. The highest BCUT2D eigenvalue weighted by Gasteiger charge is 2.26. The first-order valence-electron chi connectivity index (χ1n) is 6.10. The first-order chi connectivity index (χ1) is 8.72. The highest BCUT2D eigenvalue weighted by Crippen LogP contribution is 2.41. The molecule has 0 unspecified atom stereocenters. The van der Waals surface area contributed by atoms with Gasteiger partial charge in [0.15, 0.2) is 0 Å². The molecule has 0 amide bonds. The summed E-state index contributed by atoms with van der Waals surface area (Å²) in [4.78, 5) is 4.69. The standard InChI is InChI=1S/C14H15ClN2O/c1-18-14-5-10-9(7-16)4-12(8-2-3-8)17-13(10)6-11(14)15/h4-6,8H,2-3,7,16H2,1H3. The third-order valence-electron chi connectivity index (χ3n) is 3.40. The first kappa shape index (κ1) is 11.8. The Kier molecular flexibility index (Phi) is 2.88. The Morgan fingerprint density at radius 3 is 2.78 bits per heavy atom. The Morgan fingerprint density at radius 2 is 2.17 bits per heavy atom. The lowest BCUT2D eigenvalue weighted by atomic mass is 10.1. The number of aromatic nitrogens is 1. The summed E-state index contributed by atoms with van der Waals surface area (Å²) in [6.45, 7) is 0.503. The summed E-state index contributed by atoms with van der Waals surface area (Å²) in [6.07, 6.45) is 2.46. The van der Waals surface area contributed by atoms with E-state index in [2.05, 4.69) is 11.1 Å². The van der Waals surface area contributed by atoms with Crippen molar-refractivity contribution in [2.45, 2.75) is 25.3 Å². The summed E-state index contributed by atoms with van der Waals surface area (Å²) in [7, 11) is 1.61. The first-order valence-corrected chi connectivity index (χ1v) is 6.48. The zero-order valence-electron chi connectivity index (χ0n) is 10.2. The number of hydrogen-bond donors (Lipinski definition) is 1. The Hall–Kier alpha value is -1.32. The van der Waals surface area contributed by atoms with Crippen molar-refractivity contribution < 1.29 is 4.74 Å². The van der Waals surface area contributed by atoms with Gasteiger partial charge in [-0.1, -0.05) is 11.6 Å². The number of halogens is 1. The molecule has 3 nitrogen and oxygen atoms in total. The SMILES string of the molecule is COc1cc2c(CN)cc(C3CC3)nc2cc1Cl. The predicted molar refractivity (Wildman–Crippen MR) is 73.2 cm³/mol. The number of rotatable bonds is 3. The van der Waals surface area contributed by atoms with Crippen molar-refractivity contribution in [3.05, 3.63) is 34.5 Å². The van der Waals surface area contributed by atoms with Gasteiger partial charge in [0.25, 0.3) is 0 Å². The lowest BCUT2D eigenvalue weighted by Gasteiger charge is -2.10. The number of methoxy groups -OCH3 is 1. The van der Waals surface area contributed by atoms with Crippen LogP contribution in [0, 0.1) is 0 Å². The zero-order chi connectivity index (χ0) is 12.7. The van der Waals surface area contributed by atoms with E-state index in [0.29, 0.717) is 23.2 Å². The summed E-state index contributed by atoms with van der Waals surface area (Å²) >= 11 is 6.15. The molecular weight excluding hydrogens is 248 g/mol. The summed E-state index contributed by atoms with van der Waals surface area (Å²) in [5, 5.41) is 1.62. The van der Waals surface area contributed by atoms with E-state index in [1.807, 2.05) is 12.1 Å². The van der Waals surface area contributed by atoms with Crippen LogP contribution in [0.15, 0.2) is 18.2 Å². The minimum absolute atomic E-state index is 0.503. The van der Waals surface area contributed by atoms with Crippen LogP contribution >= 0.6 is 11.6 Å². The fourth-order valence-corrected chi connectivity index (χ4v) is 2.47. The molecule has 2 aromatic rings. The minimum atomic E-state index is 0.503. The largest absolute Gasteiger partial charge is 0.495 e. The second-order valence-electron chi connectivity index (χ2n) is 4.69. The molecule has 4 heteroatoms. The minimum Gasteiger partial charge on any atom is -0.495 e. The van der Waals surface area contributed by atoms with Gasteiger partial charge in [0.1, 0.15) is 5.75 Å². The third kappa shape index (κ3) is 1.93. The van der Waals surface area contributed by atoms with Crippen molar-refractivity contribution in [1.29, 1.82) is 0 Å². The molecule has 18 heavy (non-hydrogen) atoms. The number of nitrogens with two attached hydrogens (primary N) is 1. The molecule has 0 aliphatic heterocycles. The van der Waals surface area contributed by atoms with Crippen molar-refractivity contribution in [2.75, 3.05) is 7.11 Å². The van der Waals surface area contributed by atoms with Crippen molar-refractivity contribution in [3.8, 4) is 5.75 Å². The number of ether oxygens (including phenoxy) is 1. The Labute approximate surface area is 111 Å². The van der Waals surface area contributed by atoms with Crippen LogP contribution in [0.3, 0.4) is 0 Å². The lowest BCUT2D eigenvalue weighted by molar-refractivity contribution is 0.415. The van der Waals surface area contributed by atoms with Crippen LogP contribution in [0.5, 0.6) is 5.75 Å². The van der Waals surface area contributed by atoms with Crippen molar-refractivity contribution >= 4 is 22.5 Å². The van der Waals surface area contributed by atoms with Crippen LogP contribution in [-0.2, 0) is 6.54 Å². The van der Waals surface area contributed by atoms with E-state index in [0.717, 1.165) is 22.2 Å². The van der Waals surface area contributed by atoms with Gasteiger partial charge in [-0.25, -0.2) is 0 Å². The molecule has 0 bridgehead atoms. The summed E-state index contributed by atoms with van der Waals surface area (Å²) < 4.78 is 5.24. The number of benzene rings is 1. The topological polar surface area (TPSA) is 48.1 Å². The van der Waals surface area contributed by atoms with Gasteiger partial charge in [-0.3, -0.25) is 4.98 Å². The van der Waals surface area contributed by atoms with Crippen LogP contribution in [0.25, 0.3) is 10.9 Å². The van der Waals surface area contributed by atoms with Gasteiger partial charge in [-0.2, -0.15) is 0 Å². The Morgan fingerprint density at radius 1 is 1.39 bits per heavy atom. The Balaban J connectivity index is 2.25. The molecule has 3 rings (SSSR count). The molecule has 0 atom stereocenters. The highest BCUT2D eigenvalue weighted by atomic mass is 35.5. The fraction of sp³-hybridized carbons (Fsp3) is 0.357. The zero-order valence-corrected chi connectivity index (χ0v) is 11.0. The average molecular weight is 263 g/mol. The smallest absolute Gasteiger partial charge is 0.138 e. The Bertz CT molecular complexity index is 608. The normalized spacial score (nSPS) is 15.1. The molecule has 1 saturated carbocycles. The number of nitrogens with zero attached hydrogens (tertiary/aromatic N) is 1. The van der Waals surface area contributed by atoms with E-state index < -0.39 is 0 Å². The van der Waals surface area contributed by atoms with Crippen LogP contribution in [0.1, 0.15) is 30.0 Å². The van der Waals surface area contributed by atoms with Gasteiger partial charge in [-0.05, 0) is 36.6 Å². The van der Waals surface area contributed by atoms with Gasteiger partial charge in [0.05, 0.1) is 17.6 Å². The van der Waals surface area contributed by atoms with E-state index in [1.54, 1.807) is 7.11 Å². The molecule has 0 saturated heterocycles. The summed E-state index contributed by atoms with van der Waals surface area (Å²) in [5.41, 5.74) is 8.99. The second kappa shape index (κ2) is 4.41. The van der Waals surface area contributed by atoms with Crippen molar-refractivity contribution in [1.82, 2.24) is 4.98 Å². The fourth-order valence-electron chi connectivity index (χ4n) is 2.23. The quantitative estimate of drug-likeness (QED) is 0.924. The summed E-state index contributed by atoms with van der Waals surface area (Å²) in [5.74, 6) is 1.28. The van der Waals surface area contributed by atoms with Gasteiger partial charge < -0.3 is 10.5 Å². The van der Waals surface area contributed by atoms with Crippen molar-refractivity contribution in [3.63, 3.8) is 0 Å². The molecule has 0 spiro atoms. The summed E-state index contributed by atoms with van der Waals surface area (Å²) in [6, 6.07) is 5.90. The van der Waals surface area contributed by atoms with Crippen LogP contribution < -0.4 is 10.5 Å². The molecule has 2 N–H and O–H groups in total. The maximum absolute atomic E-state index is 6.15. The molecule has 0 radical (unpaired) electrons. The molecule has 1 aromatic carbocycles. The van der Waals surface area contributed by atoms with E-state index >= 15 is 0 Å². The van der Waals surface area contributed by atoms with E-state index in [4.69, 9.17) is 22.1 Å². The average Bonchev–Trinajstić information content (AvgIpc) is 3.20. The molecule has 94 valence electrons. The van der Waals surface area contributed by atoms with Gasteiger partial charge in [-0.15, -0.1) is 0 Å². The molecule has 1 aliphatic rings. The number of fused-ring (bicyclic) bond motifs is 1. The van der Waals surface area contributed by atoms with Crippen LogP contribution in [-0.4, -0.2) is 12.1 Å². The van der Waals surface area contributed by atoms with Crippen LogP contribution in [0.4, 0.5) is 0 Å². The highest BCUT2D eigenvalue weighted by molar-refractivity contribution is 6.32. The molecular formula is C14H15ClN2O. The molecule has 1 aliphatic carbocycles. The second-order valence-corrected chi connectivity index (χ2v) is 5.10. The maximum atomic E-state index is 6.15. The molecule has 1 heterocycles. The van der Waals surface area contributed by atoms with E-state index in [9.17, 15) is 0 Å². The van der Waals surface area contributed by atoms with Crippen LogP contribution in [0.2, 0.25) is 5.02 Å². The molecule has 1 fully saturated rings. The predicted octanol–water partition coefficient (Wildman–Crippen LogP) is 3.23. The van der Waals surface area contributed by atoms with E-state index in [1.165, 1.54) is 12.8 Å². The lowest BCUT2D eigenvalue weighted by Crippen LogP contribution is -2.01.